The van der Waals surface area contributed by atoms with Crippen LogP contribution in [0.15, 0.2) is 60.8 Å². The molecule has 0 saturated heterocycles. The minimum absolute atomic E-state index is 0.0269. The third-order valence-corrected chi connectivity index (χ3v) is 5.34. The minimum Gasteiger partial charge on any atom is -0.313 e. The van der Waals surface area contributed by atoms with Gasteiger partial charge in [0.1, 0.15) is 11.0 Å². The summed E-state index contributed by atoms with van der Waals surface area (Å²) in [5.41, 5.74) is 3.29. The van der Waals surface area contributed by atoms with E-state index in [0.29, 0.717) is 42.0 Å². The molecule has 2 aromatic carbocycles. The lowest BCUT2D eigenvalue weighted by Gasteiger charge is -2.18. The predicted molar refractivity (Wildman–Crippen MR) is 122 cm³/mol. The molecular formula is C25H24ClFN2O2. The summed E-state index contributed by atoms with van der Waals surface area (Å²) in [5, 5.41) is 0.425. The van der Waals surface area contributed by atoms with Crippen molar-refractivity contribution in [2.24, 2.45) is 0 Å². The zero-order chi connectivity index (χ0) is 22.4. The van der Waals surface area contributed by atoms with Crippen LogP contribution < -0.4 is 4.90 Å². The number of rotatable bonds is 8. The van der Waals surface area contributed by atoms with Gasteiger partial charge in [-0.2, -0.15) is 0 Å². The highest BCUT2D eigenvalue weighted by atomic mass is 35.5. The Labute approximate surface area is 186 Å². The van der Waals surface area contributed by atoms with E-state index >= 15 is 0 Å². The van der Waals surface area contributed by atoms with Crippen LogP contribution in [0.4, 0.5) is 10.1 Å². The van der Waals surface area contributed by atoms with Crippen molar-refractivity contribution in [3.8, 4) is 11.1 Å². The van der Waals surface area contributed by atoms with Gasteiger partial charge in [-0.25, -0.2) is 9.37 Å². The lowest BCUT2D eigenvalue weighted by Crippen LogP contribution is -2.26. The summed E-state index contributed by atoms with van der Waals surface area (Å²) >= 11 is 5.78. The molecule has 0 N–H and O–H groups in total. The number of aryl methyl sites for hydroxylation is 1. The Bertz CT molecular complexity index is 1070. The summed E-state index contributed by atoms with van der Waals surface area (Å²) in [6, 6.07) is 15.5. The Morgan fingerprint density at radius 1 is 1.00 bits per heavy atom. The van der Waals surface area contributed by atoms with Gasteiger partial charge in [0.05, 0.1) is 5.69 Å². The molecule has 3 rings (SSSR count). The topological polar surface area (TPSA) is 50.3 Å². The molecule has 0 unspecified atom stereocenters. The van der Waals surface area contributed by atoms with Crippen LogP contribution in [0, 0.1) is 5.82 Å². The Hall–Kier alpha value is -3.05. The molecule has 0 fully saturated rings. The van der Waals surface area contributed by atoms with Gasteiger partial charge in [0, 0.05) is 31.6 Å². The molecule has 1 aromatic heterocycles. The van der Waals surface area contributed by atoms with Crippen molar-refractivity contribution in [1.29, 1.82) is 0 Å². The zero-order valence-corrected chi connectivity index (χ0v) is 18.3. The van der Waals surface area contributed by atoms with Crippen molar-refractivity contribution < 1.29 is 14.0 Å². The highest BCUT2D eigenvalue weighted by molar-refractivity contribution is 6.29. The molecule has 1 heterocycles. The number of aromatic nitrogens is 1. The molecule has 0 aliphatic carbocycles. The molecule has 0 bridgehead atoms. The Morgan fingerprint density at radius 2 is 1.71 bits per heavy atom. The van der Waals surface area contributed by atoms with Gasteiger partial charge in [-0.15, -0.1) is 0 Å². The third-order valence-electron chi connectivity index (χ3n) is 5.12. The SMILES string of the molecule is CCCC(=O)N(C)c1ccc(-c2ccc(C(=O)CCc3ccc(Cl)nc3)cc2)cc1F. The number of hydrogen-bond acceptors (Lipinski definition) is 3. The highest BCUT2D eigenvalue weighted by Gasteiger charge is 2.15. The van der Waals surface area contributed by atoms with Gasteiger partial charge in [0.25, 0.3) is 0 Å². The van der Waals surface area contributed by atoms with E-state index < -0.39 is 5.82 Å². The maximum atomic E-state index is 14.6. The first kappa shape index (κ1) is 22.6. The number of carbonyl (C=O) groups is 2. The second-order valence-corrected chi connectivity index (χ2v) is 7.75. The summed E-state index contributed by atoms with van der Waals surface area (Å²) in [6.45, 7) is 1.91. The van der Waals surface area contributed by atoms with Crippen LogP contribution in [-0.2, 0) is 11.2 Å². The Morgan fingerprint density at radius 3 is 2.32 bits per heavy atom. The summed E-state index contributed by atoms with van der Waals surface area (Å²) < 4.78 is 14.6. The van der Waals surface area contributed by atoms with Crippen molar-refractivity contribution in [2.75, 3.05) is 11.9 Å². The molecule has 0 saturated carbocycles. The number of benzene rings is 2. The number of anilines is 1. The van der Waals surface area contributed by atoms with Crippen LogP contribution in [0.5, 0.6) is 0 Å². The van der Waals surface area contributed by atoms with E-state index in [1.54, 1.807) is 55.7 Å². The van der Waals surface area contributed by atoms with Crippen LogP contribution in [0.1, 0.15) is 42.1 Å². The van der Waals surface area contributed by atoms with Crippen molar-refractivity contribution >= 4 is 29.0 Å². The standard InChI is InChI=1S/C25H24ClFN2O2/c1-3-4-25(31)29(2)22-12-11-20(15-21(22)27)18-7-9-19(10-8-18)23(30)13-5-17-6-14-24(26)28-16-17/h6-12,14-16H,3-5,13H2,1-2H3. The number of nitrogens with zero attached hydrogens (tertiary/aromatic N) is 2. The molecule has 0 aliphatic heterocycles. The van der Waals surface area contributed by atoms with E-state index in [4.69, 9.17) is 11.6 Å². The van der Waals surface area contributed by atoms with Crippen LogP contribution in [0.25, 0.3) is 11.1 Å². The predicted octanol–water partition coefficient (Wildman–Crippen LogP) is 6.12. The first-order valence-electron chi connectivity index (χ1n) is 10.2. The molecule has 1 amide bonds. The quantitative estimate of drug-likeness (QED) is 0.314. The molecule has 160 valence electrons. The van der Waals surface area contributed by atoms with Gasteiger partial charge in [0.15, 0.2) is 5.78 Å². The summed E-state index contributed by atoms with van der Waals surface area (Å²) in [7, 11) is 1.58. The van der Waals surface area contributed by atoms with E-state index in [2.05, 4.69) is 4.98 Å². The maximum absolute atomic E-state index is 14.6. The van der Waals surface area contributed by atoms with Gasteiger partial charge < -0.3 is 4.90 Å². The van der Waals surface area contributed by atoms with E-state index in [1.807, 2.05) is 13.0 Å². The fourth-order valence-corrected chi connectivity index (χ4v) is 3.39. The van der Waals surface area contributed by atoms with Gasteiger partial charge in [-0.1, -0.05) is 54.9 Å². The zero-order valence-electron chi connectivity index (χ0n) is 17.6. The van der Waals surface area contributed by atoms with Crippen LogP contribution >= 0.6 is 11.6 Å². The van der Waals surface area contributed by atoms with E-state index in [9.17, 15) is 14.0 Å². The first-order valence-corrected chi connectivity index (χ1v) is 10.6. The number of amides is 1. The van der Waals surface area contributed by atoms with Crippen LogP contribution in [0.3, 0.4) is 0 Å². The molecular weight excluding hydrogens is 415 g/mol. The number of pyridine rings is 1. The lowest BCUT2D eigenvalue weighted by atomic mass is 9.99. The number of halogens is 2. The molecule has 4 nitrogen and oxygen atoms in total. The Kier molecular flexibility index (Phi) is 7.53. The fourth-order valence-electron chi connectivity index (χ4n) is 3.28. The number of carbonyl (C=O) groups excluding carboxylic acids is 2. The summed E-state index contributed by atoms with van der Waals surface area (Å²) in [5.74, 6) is -0.549. The van der Waals surface area contributed by atoms with E-state index in [-0.39, 0.29) is 17.4 Å². The van der Waals surface area contributed by atoms with Crippen molar-refractivity contribution in [2.45, 2.75) is 32.6 Å². The first-order chi connectivity index (χ1) is 14.9. The average molecular weight is 439 g/mol. The molecule has 31 heavy (non-hydrogen) atoms. The average Bonchev–Trinajstić information content (AvgIpc) is 2.78. The molecule has 6 heteroatoms. The van der Waals surface area contributed by atoms with Crippen molar-refractivity contribution in [1.82, 2.24) is 4.98 Å². The second kappa shape index (κ2) is 10.3. The van der Waals surface area contributed by atoms with Crippen LogP contribution in [-0.4, -0.2) is 23.7 Å². The smallest absolute Gasteiger partial charge is 0.226 e. The Balaban J connectivity index is 1.67. The monoisotopic (exact) mass is 438 g/mol. The number of Topliss-reactive ketones (excluding diaryl/α,β-unsaturated/α-hetero) is 1. The highest BCUT2D eigenvalue weighted by Crippen LogP contribution is 2.27. The van der Waals surface area contributed by atoms with Gasteiger partial charge in [-0.05, 0) is 47.7 Å². The van der Waals surface area contributed by atoms with Crippen LogP contribution in [0.2, 0.25) is 5.15 Å². The number of ketones is 1. The normalized spacial score (nSPS) is 10.7. The number of hydrogen-bond donors (Lipinski definition) is 0. The lowest BCUT2D eigenvalue weighted by molar-refractivity contribution is -0.118. The third kappa shape index (κ3) is 5.76. The summed E-state index contributed by atoms with van der Waals surface area (Å²) in [6.07, 6.45) is 3.71. The van der Waals surface area contributed by atoms with Crippen molar-refractivity contribution in [3.05, 3.63) is 82.9 Å². The summed E-state index contributed by atoms with van der Waals surface area (Å²) in [4.78, 5) is 29.9. The minimum atomic E-state index is -0.457. The molecule has 0 radical (unpaired) electrons. The maximum Gasteiger partial charge on any atom is 0.226 e. The van der Waals surface area contributed by atoms with Crippen molar-refractivity contribution in [3.63, 3.8) is 0 Å². The largest absolute Gasteiger partial charge is 0.313 e. The van der Waals surface area contributed by atoms with E-state index in [0.717, 1.165) is 11.1 Å². The van der Waals surface area contributed by atoms with E-state index in [1.165, 1.54) is 11.0 Å². The van der Waals surface area contributed by atoms with Gasteiger partial charge >= 0.3 is 0 Å². The molecule has 0 spiro atoms. The molecule has 3 aromatic rings. The van der Waals surface area contributed by atoms with Gasteiger partial charge in [-0.3, -0.25) is 9.59 Å². The van der Waals surface area contributed by atoms with Gasteiger partial charge in [0.2, 0.25) is 5.91 Å². The molecule has 0 aliphatic rings. The second-order valence-electron chi connectivity index (χ2n) is 7.36. The molecule has 0 atom stereocenters. The fraction of sp³-hybridized carbons (Fsp3) is 0.240.